The van der Waals surface area contributed by atoms with Crippen molar-refractivity contribution >= 4 is 29.0 Å². The lowest BCUT2D eigenvalue weighted by Crippen LogP contribution is -2.24. The highest BCUT2D eigenvalue weighted by Gasteiger charge is 2.12. The third-order valence-electron chi connectivity index (χ3n) is 2.42. The van der Waals surface area contributed by atoms with Gasteiger partial charge in [-0.3, -0.25) is 4.79 Å². The van der Waals surface area contributed by atoms with E-state index in [1.165, 1.54) is 0 Å². The molecule has 0 fully saturated rings. The molecule has 1 N–H and O–H groups in total. The second-order valence-corrected chi connectivity index (χ2v) is 4.66. The van der Waals surface area contributed by atoms with Gasteiger partial charge in [0.05, 0.1) is 10.0 Å². The summed E-state index contributed by atoms with van der Waals surface area (Å²) in [5.41, 5.74) is 0.905. The molecule has 0 radical (unpaired) electrons. The Hall–Kier alpha value is -0.570. The Morgan fingerprint density at radius 3 is 2.62 bits per heavy atom. The number of carbonyl (C=O) groups excluding carboxylic acids is 1. The van der Waals surface area contributed by atoms with E-state index >= 15 is 0 Å². The van der Waals surface area contributed by atoms with Gasteiger partial charge in [0, 0.05) is 18.9 Å². The topological polar surface area (TPSA) is 29.1 Å². The fourth-order valence-corrected chi connectivity index (χ4v) is 1.77. The molecule has 0 aliphatic rings. The predicted molar refractivity (Wildman–Crippen MR) is 68.3 cm³/mol. The smallest absolute Gasteiger partial charge is 0.141 e. The quantitative estimate of drug-likeness (QED) is 0.881. The molecule has 1 unspecified atom stereocenters. The van der Waals surface area contributed by atoms with Crippen LogP contribution in [-0.2, 0) is 11.2 Å². The molecule has 88 valence electrons. The van der Waals surface area contributed by atoms with Crippen molar-refractivity contribution in [2.24, 2.45) is 5.92 Å². The standard InChI is InChI=1S/C12H15Cl2NO/c1-8(7-15-2)12(16)6-9-3-4-10(13)11(14)5-9/h3-5,8,15H,6-7H2,1-2H3. The van der Waals surface area contributed by atoms with Crippen LogP contribution in [0.2, 0.25) is 10.0 Å². The summed E-state index contributed by atoms with van der Waals surface area (Å²) in [6.45, 7) is 2.61. The Bertz CT molecular complexity index is 379. The molecule has 4 heteroatoms. The van der Waals surface area contributed by atoms with Crippen molar-refractivity contribution in [2.45, 2.75) is 13.3 Å². The summed E-state index contributed by atoms with van der Waals surface area (Å²) in [5.74, 6) is 0.215. The number of ketones is 1. The predicted octanol–water partition coefficient (Wildman–Crippen LogP) is 2.96. The number of hydrogen-bond donors (Lipinski definition) is 1. The van der Waals surface area contributed by atoms with Crippen molar-refractivity contribution in [3.63, 3.8) is 0 Å². The van der Waals surface area contributed by atoms with Crippen LogP contribution in [0.15, 0.2) is 18.2 Å². The van der Waals surface area contributed by atoms with E-state index in [4.69, 9.17) is 23.2 Å². The zero-order chi connectivity index (χ0) is 12.1. The fourth-order valence-electron chi connectivity index (χ4n) is 1.45. The number of halogens is 2. The maximum absolute atomic E-state index is 11.8. The molecule has 1 aromatic rings. The first kappa shape index (κ1) is 13.5. The molecular weight excluding hydrogens is 245 g/mol. The fraction of sp³-hybridized carbons (Fsp3) is 0.417. The third kappa shape index (κ3) is 3.78. The third-order valence-corrected chi connectivity index (χ3v) is 3.16. The van der Waals surface area contributed by atoms with E-state index in [1.807, 2.05) is 20.0 Å². The highest BCUT2D eigenvalue weighted by molar-refractivity contribution is 6.42. The molecule has 2 nitrogen and oxygen atoms in total. The molecule has 1 aromatic carbocycles. The molecular formula is C12H15Cl2NO. The van der Waals surface area contributed by atoms with E-state index in [2.05, 4.69) is 5.32 Å². The summed E-state index contributed by atoms with van der Waals surface area (Å²) in [6, 6.07) is 5.29. The first-order chi connectivity index (χ1) is 7.54. The number of hydrogen-bond acceptors (Lipinski definition) is 2. The van der Waals surface area contributed by atoms with Gasteiger partial charge in [0.1, 0.15) is 5.78 Å². The van der Waals surface area contributed by atoms with Gasteiger partial charge in [0.2, 0.25) is 0 Å². The van der Waals surface area contributed by atoms with Crippen molar-refractivity contribution in [2.75, 3.05) is 13.6 Å². The van der Waals surface area contributed by atoms with Crippen LogP contribution in [0.3, 0.4) is 0 Å². The molecule has 0 spiro atoms. The monoisotopic (exact) mass is 259 g/mol. The average Bonchev–Trinajstić information content (AvgIpc) is 2.24. The van der Waals surface area contributed by atoms with Gasteiger partial charge in [-0.25, -0.2) is 0 Å². The van der Waals surface area contributed by atoms with Gasteiger partial charge in [-0.1, -0.05) is 36.2 Å². The lowest BCUT2D eigenvalue weighted by Gasteiger charge is -2.09. The largest absolute Gasteiger partial charge is 0.319 e. The Kier molecular flexibility index (Phi) is 5.26. The van der Waals surface area contributed by atoms with Gasteiger partial charge in [0.15, 0.2) is 0 Å². The summed E-state index contributed by atoms with van der Waals surface area (Å²) in [4.78, 5) is 11.8. The molecule has 0 bridgehead atoms. The summed E-state index contributed by atoms with van der Waals surface area (Å²) in [6.07, 6.45) is 0.403. The van der Waals surface area contributed by atoms with Gasteiger partial charge >= 0.3 is 0 Å². The minimum absolute atomic E-state index is 0.0134. The SMILES string of the molecule is CNCC(C)C(=O)Cc1ccc(Cl)c(Cl)c1. The van der Waals surface area contributed by atoms with Crippen LogP contribution in [0.5, 0.6) is 0 Å². The van der Waals surface area contributed by atoms with Gasteiger partial charge in [-0.2, -0.15) is 0 Å². The van der Waals surface area contributed by atoms with Crippen LogP contribution in [0.1, 0.15) is 12.5 Å². The van der Waals surface area contributed by atoms with E-state index in [-0.39, 0.29) is 11.7 Å². The molecule has 1 rings (SSSR count). The van der Waals surface area contributed by atoms with Crippen molar-refractivity contribution in [1.82, 2.24) is 5.32 Å². The zero-order valence-electron chi connectivity index (χ0n) is 9.39. The van der Waals surface area contributed by atoms with Crippen LogP contribution in [-0.4, -0.2) is 19.4 Å². The summed E-state index contributed by atoms with van der Waals surface area (Å²) >= 11 is 11.7. The molecule has 0 aliphatic carbocycles. The Labute approximate surface area is 106 Å². The first-order valence-electron chi connectivity index (χ1n) is 5.16. The van der Waals surface area contributed by atoms with Crippen LogP contribution < -0.4 is 5.32 Å². The molecule has 0 saturated heterocycles. The molecule has 0 aliphatic heterocycles. The van der Waals surface area contributed by atoms with E-state index < -0.39 is 0 Å². The second kappa shape index (κ2) is 6.24. The van der Waals surface area contributed by atoms with Gasteiger partial charge in [-0.15, -0.1) is 0 Å². The van der Waals surface area contributed by atoms with E-state index in [9.17, 15) is 4.79 Å². The lowest BCUT2D eigenvalue weighted by atomic mass is 9.99. The number of benzene rings is 1. The number of nitrogens with one attached hydrogen (secondary N) is 1. The van der Waals surface area contributed by atoms with Crippen molar-refractivity contribution in [3.05, 3.63) is 33.8 Å². The number of rotatable bonds is 5. The van der Waals surface area contributed by atoms with Crippen molar-refractivity contribution < 1.29 is 4.79 Å². The van der Waals surface area contributed by atoms with Crippen LogP contribution in [0.4, 0.5) is 0 Å². The van der Waals surface area contributed by atoms with Crippen molar-refractivity contribution in [3.8, 4) is 0 Å². The molecule has 0 saturated carbocycles. The van der Waals surface area contributed by atoms with E-state index in [1.54, 1.807) is 12.1 Å². The number of Topliss-reactive ketones (excluding diaryl/α,β-unsaturated/α-hetero) is 1. The Morgan fingerprint density at radius 2 is 2.06 bits per heavy atom. The summed E-state index contributed by atoms with van der Waals surface area (Å²) in [7, 11) is 1.84. The Morgan fingerprint density at radius 1 is 1.38 bits per heavy atom. The minimum atomic E-state index is 0.0134. The van der Waals surface area contributed by atoms with Crippen molar-refractivity contribution in [1.29, 1.82) is 0 Å². The van der Waals surface area contributed by atoms with Crippen LogP contribution >= 0.6 is 23.2 Å². The molecule has 16 heavy (non-hydrogen) atoms. The lowest BCUT2D eigenvalue weighted by molar-refractivity contribution is -0.121. The number of carbonyl (C=O) groups is 1. The normalized spacial score (nSPS) is 12.5. The maximum Gasteiger partial charge on any atom is 0.141 e. The summed E-state index contributed by atoms with van der Waals surface area (Å²) < 4.78 is 0. The van der Waals surface area contributed by atoms with E-state index in [0.29, 0.717) is 23.0 Å². The Balaban J connectivity index is 2.66. The molecule has 0 aromatic heterocycles. The van der Waals surface area contributed by atoms with E-state index in [0.717, 1.165) is 5.56 Å². The highest BCUT2D eigenvalue weighted by Crippen LogP contribution is 2.23. The van der Waals surface area contributed by atoms with Gasteiger partial charge < -0.3 is 5.32 Å². The second-order valence-electron chi connectivity index (χ2n) is 3.85. The zero-order valence-corrected chi connectivity index (χ0v) is 10.9. The molecule has 0 amide bonds. The molecule has 0 heterocycles. The average molecular weight is 260 g/mol. The first-order valence-corrected chi connectivity index (χ1v) is 5.91. The maximum atomic E-state index is 11.8. The van der Waals surface area contributed by atoms with Crippen LogP contribution in [0.25, 0.3) is 0 Å². The summed E-state index contributed by atoms with van der Waals surface area (Å²) in [5, 5.41) is 4.00. The minimum Gasteiger partial charge on any atom is -0.319 e. The van der Waals surface area contributed by atoms with Gasteiger partial charge in [-0.05, 0) is 24.7 Å². The van der Waals surface area contributed by atoms with Gasteiger partial charge in [0.25, 0.3) is 0 Å². The highest BCUT2D eigenvalue weighted by atomic mass is 35.5. The van der Waals surface area contributed by atoms with Crippen LogP contribution in [0, 0.1) is 5.92 Å². The molecule has 1 atom stereocenters.